The van der Waals surface area contributed by atoms with Gasteiger partial charge in [-0.15, -0.1) is 0 Å². The summed E-state index contributed by atoms with van der Waals surface area (Å²) in [5.74, 6) is -1.80. The molecule has 0 saturated heterocycles. The first-order valence-electron chi connectivity index (χ1n) is 5.14. The molecule has 3 nitrogen and oxygen atoms in total. The Morgan fingerprint density at radius 3 is 2.50 bits per heavy atom. The number of hydrogen-bond donors (Lipinski definition) is 2. The lowest BCUT2D eigenvalue weighted by atomic mass is 9.92. The van der Waals surface area contributed by atoms with Gasteiger partial charge in [-0.1, -0.05) is 6.07 Å². The molecule has 3 N–H and O–H groups in total. The van der Waals surface area contributed by atoms with E-state index >= 15 is 0 Å². The van der Waals surface area contributed by atoms with Crippen LogP contribution in [0.4, 0.5) is 4.39 Å². The third-order valence-electron chi connectivity index (χ3n) is 2.76. The predicted octanol–water partition coefficient (Wildman–Crippen LogP) is 1.96. The number of aryl methyl sites for hydroxylation is 2. The van der Waals surface area contributed by atoms with Gasteiger partial charge in [0.1, 0.15) is 5.82 Å². The molecule has 1 aromatic carbocycles. The van der Waals surface area contributed by atoms with Crippen LogP contribution in [0.15, 0.2) is 12.1 Å². The molecule has 1 aromatic rings. The molecule has 0 saturated carbocycles. The summed E-state index contributed by atoms with van der Waals surface area (Å²) in [6.45, 7) is 3.81. The number of carboxylic acid groups (broad SMARTS) is 1. The highest BCUT2D eigenvalue weighted by Gasteiger charge is 2.18. The number of hydrogen-bond acceptors (Lipinski definition) is 2. The molecule has 16 heavy (non-hydrogen) atoms. The topological polar surface area (TPSA) is 63.3 Å². The van der Waals surface area contributed by atoms with Gasteiger partial charge in [0.25, 0.3) is 0 Å². The fourth-order valence-corrected chi connectivity index (χ4v) is 1.65. The Morgan fingerprint density at radius 2 is 2.00 bits per heavy atom. The summed E-state index contributed by atoms with van der Waals surface area (Å²) in [6.07, 6.45) is -0.143. The van der Waals surface area contributed by atoms with Crippen molar-refractivity contribution in [2.75, 3.05) is 6.54 Å². The molecule has 0 bridgehead atoms. The van der Waals surface area contributed by atoms with Crippen molar-refractivity contribution >= 4 is 5.97 Å². The normalized spacial score (nSPS) is 12.5. The fourth-order valence-electron chi connectivity index (χ4n) is 1.65. The van der Waals surface area contributed by atoms with Crippen molar-refractivity contribution in [3.8, 4) is 0 Å². The first-order chi connectivity index (χ1) is 7.45. The van der Waals surface area contributed by atoms with E-state index in [-0.39, 0.29) is 18.8 Å². The molecule has 1 atom stereocenters. The number of benzene rings is 1. The van der Waals surface area contributed by atoms with Crippen LogP contribution in [0.1, 0.15) is 29.0 Å². The molecule has 0 amide bonds. The van der Waals surface area contributed by atoms with Crippen molar-refractivity contribution in [3.63, 3.8) is 0 Å². The van der Waals surface area contributed by atoms with E-state index in [4.69, 9.17) is 10.8 Å². The van der Waals surface area contributed by atoms with Crippen LogP contribution in [0, 0.1) is 19.7 Å². The van der Waals surface area contributed by atoms with Crippen molar-refractivity contribution in [1.82, 2.24) is 0 Å². The zero-order chi connectivity index (χ0) is 12.3. The Bertz CT molecular complexity index is 404. The summed E-state index contributed by atoms with van der Waals surface area (Å²) in [5, 5.41) is 8.71. The Balaban J connectivity index is 3.09. The van der Waals surface area contributed by atoms with Crippen molar-refractivity contribution in [2.45, 2.75) is 26.2 Å². The van der Waals surface area contributed by atoms with E-state index in [0.29, 0.717) is 5.56 Å². The van der Waals surface area contributed by atoms with Gasteiger partial charge < -0.3 is 10.8 Å². The van der Waals surface area contributed by atoms with Crippen molar-refractivity contribution in [2.24, 2.45) is 5.73 Å². The quantitative estimate of drug-likeness (QED) is 0.823. The van der Waals surface area contributed by atoms with Gasteiger partial charge >= 0.3 is 5.97 Å². The Hall–Kier alpha value is -1.42. The number of rotatable bonds is 4. The lowest BCUT2D eigenvalue weighted by Gasteiger charge is -2.15. The molecule has 1 rings (SSSR count). The van der Waals surface area contributed by atoms with Crippen molar-refractivity contribution < 1.29 is 14.3 Å². The van der Waals surface area contributed by atoms with Gasteiger partial charge in [-0.05, 0) is 43.1 Å². The minimum absolute atomic E-state index is 0.131. The van der Waals surface area contributed by atoms with Gasteiger partial charge in [0.15, 0.2) is 0 Å². The van der Waals surface area contributed by atoms with Crippen LogP contribution < -0.4 is 5.73 Å². The van der Waals surface area contributed by atoms with E-state index in [9.17, 15) is 9.18 Å². The molecule has 0 heterocycles. The predicted molar refractivity (Wildman–Crippen MR) is 59.9 cm³/mol. The number of aliphatic carboxylic acids is 1. The van der Waals surface area contributed by atoms with E-state index in [1.807, 2.05) is 13.8 Å². The number of halogens is 1. The third kappa shape index (κ3) is 2.79. The van der Waals surface area contributed by atoms with Crippen LogP contribution in [0.25, 0.3) is 0 Å². The van der Waals surface area contributed by atoms with Gasteiger partial charge in [0.2, 0.25) is 0 Å². The maximum Gasteiger partial charge on any atom is 0.304 e. The standard InChI is InChI=1S/C12H16FNO2/c1-7-3-10(11(13)4-8(7)2)9(6-14)5-12(15)16/h3-4,9H,5-6,14H2,1-2H3,(H,15,16). The van der Waals surface area contributed by atoms with Gasteiger partial charge in [0.05, 0.1) is 6.42 Å². The van der Waals surface area contributed by atoms with E-state index in [1.165, 1.54) is 6.07 Å². The summed E-state index contributed by atoms with van der Waals surface area (Å²) in [6, 6.07) is 3.11. The second-order valence-corrected chi connectivity index (χ2v) is 3.99. The molecule has 0 fully saturated rings. The van der Waals surface area contributed by atoms with Crippen LogP contribution in [-0.2, 0) is 4.79 Å². The molecule has 88 valence electrons. The van der Waals surface area contributed by atoms with Gasteiger partial charge in [-0.2, -0.15) is 0 Å². The summed E-state index contributed by atoms with van der Waals surface area (Å²) in [7, 11) is 0. The third-order valence-corrected chi connectivity index (χ3v) is 2.76. The Kier molecular flexibility index (Phi) is 4.01. The lowest BCUT2D eigenvalue weighted by molar-refractivity contribution is -0.137. The highest BCUT2D eigenvalue weighted by molar-refractivity contribution is 5.68. The number of nitrogens with two attached hydrogens (primary N) is 1. The zero-order valence-corrected chi connectivity index (χ0v) is 9.46. The van der Waals surface area contributed by atoms with Gasteiger partial charge in [-0.25, -0.2) is 4.39 Å². The summed E-state index contributed by atoms with van der Waals surface area (Å²) < 4.78 is 13.7. The van der Waals surface area contributed by atoms with Crippen LogP contribution in [0.5, 0.6) is 0 Å². The maximum absolute atomic E-state index is 13.7. The van der Waals surface area contributed by atoms with Crippen molar-refractivity contribution in [3.05, 3.63) is 34.6 Å². The number of carbonyl (C=O) groups is 1. The summed E-state index contributed by atoms with van der Waals surface area (Å²) in [5.41, 5.74) is 7.68. The Morgan fingerprint density at radius 1 is 1.44 bits per heavy atom. The maximum atomic E-state index is 13.7. The van der Waals surface area contributed by atoms with E-state index in [1.54, 1.807) is 6.07 Å². The highest BCUT2D eigenvalue weighted by atomic mass is 19.1. The molecule has 0 aromatic heterocycles. The number of carboxylic acids is 1. The van der Waals surface area contributed by atoms with E-state index in [2.05, 4.69) is 0 Å². The lowest BCUT2D eigenvalue weighted by Crippen LogP contribution is -2.17. The minimum Gasteiger partial charge on any atom is -0.481 e. The van der Waals surface area contributed by atoms with Crippen LogP contribution in [-0.4, -0.2) is 17.6 Å². The fraction of sp³-hybridized carbons (Fsp3) is 0.417. The Labute approximate surface area is 94.1 Å². The van der Waals surface area contributed by atoms with E-state index < -0.39 is 11.9 Å². The molecule has 0 radical (unpaired) electrons. The molecule has 0 spiro atoms. The van der Waals surface area contributed by atoms with E-state index in [0.717, 1.165) is 11.1 Å². The average Bonchev–Trinajstić information content (AvgIpc) is 2.20. The van der Waals surface area contributed by atoms with Crippen LogP contribution in [0.2, 0.25) is 0 Å². The molecule has 0 aliphatic rings. The smallest absolute Gasteiger partial charge is 0.304 e. The second kappa shape index (κ2) is 5.07. The van der Waals surface area contributed by atoms with Crippen molar-refractivity contribution in [1.29, 1.82) is 0 Å². The average molecular weight is 225 g/mol. The molecule has 0 aliphatic heterocycles. The largest absolute Gasteiger partial charge is 0.481 e. The monoisotopic (exact) mass is 225 g/mol. The molecule has 0 aliphatic carbocycles. The zero-order valence-electron chi connectivity index (χ0n) is 9.46. The first kappa shape index (κ1) is 12.6. The highest BCUT2D eigenvalue weighted by Crippen LogP contribution is 2.24. The van der Waals surface area contributed by atoms with Crippen LogP contribution in [0.3, 0.4) is 0 Å². The molecular formula is C12H16FNO2. The summed E-state index contributed by atoms with van der Waals surface area (Å²) in [4.78, 5) is 10.6. The molecular weight excluding hydrogens is 209 g/mol. The van der Waals surface area contributed by atoms with Gasteiger partial charge in [0, 0.05) is 5.92 Å². The summed E-state index contributed by atoms with van der Waals surface area (Å²) >= 11 is 0. The SMILES string of the molecule is Cc1cc(F)c(C(CN)CC(=O)O)cc1C. The molecule has 4 heteroatoms. The van der Waals surface area contributed by atoms with Gasteiger partial charge in [-0.3, -0.25) is 4.79 Å². The first-order valence-corrected chi connectivity index (χ1v) is 5.14. The molecule has 1 unspecified atom stereocenters. The second-order valence-electron chi connectivity index (χ2n) is 3.99. The van der Waals surface area contributed by atoms with Crippen LogP contribution >= 0.6 is 0 Å². The minimum atomic E-state index is -0.965.